The number of amides is 2. The van der Waals surface area contributed by atoms with Gasteiger partial charge >= 0.3 is 0 Å². The molecule has 0 N–H and O–H groups in total. The van der Waals surface area contributed by atoms with E-state index in [1.807, 2.05) is 13.0 Å². The second-order valence-electron chi connectivity index (χ2n) is 7.72. The molecule has 1 fully saturated rings. The molecule has 1 saturated heterocycles. The van der Waals surface area contributed by atoms with Crippen molar-refractivity contribution in [2.45, 2.75) is 31.7 Å². The second kappa shape index (κ2) is 10.9. The molecule has 4 rings (SSSR count). The molecule has 0 saturated carbocycles. The molecule has 0 aromatic heterocycles. The highest BCUT2D eigenvalue weighted by Crippen LogP contribution is 2.34. The summed E-state index contributed by atoms with van der Waals surface area (Å²) in [5, 5.41) is -0.180. The summed E-state index contributed by atoms with van der Waals surface area (Å²) in [7, 11) is 0. The van der Waals surface area contributed by atoms with E-state index >= 15 is 0 Å². The van der Waals surface area contributed by atoms with Crippen molar-refractivity contribution in [3.8, 4) is 11.5 Å². The van der Waals surface area contributed by atoms with Crippen LogP contribution in [0, 0.1) is 5.82 Å². The first kappa shape index (κ1) is 24.1. The van der Waals surface area contributed by atoms with Crippen LogP contribution in [0.5, 0.6) is 11.5 Å². The quantitative estimate of drug-likeness (QED) is 0.347. The first-order valence-corrected chi connectivity index (χ1v) is 12.1. The molecule has 3 aromatic carbocycles. The van der Waals surface area contributed by atoms with Gasteiger partial charge in [0, 0.05) is 10.6 Å². The predicted molar refractivity (Wildman–Crippen MR) is 131 cm³/mol. The van der Waals surface area contributed by atoms with Gasteiger partial charge in [0.25, 0.3) is 5.24 Å². The van der Waals surface area contributed by atoms with E-state index in [1.165, 1.54) is 11.0 Å². The Hall–Kier alpha value is -3.03. The summed E-state index contributed by atoms with van der Waals surface area (Å²) in [5.74, 6) is 0.445. The number of nitrogens with zero attached hydrogens (tertiary/aromatic N) is 1. The summed E-state index contributed by atoms with van der Waals surface area (Å²) in [6.07, 6.45) is 0.375. The van der Waals surface area contributed by atoms with Crippen molar-refractivity contribution in [1.29, 1.82) is 0 Å². The minimum absolute atomic E-state index is 0.0667. The molecule has 0 bridgehead atoms. The van der Waals surface area contributed by atoms with Crippen LogP contribution in [0.25, 0.3) is 0 Å². The minimum atomic E-state index is -0.514. The van der Waals surface area contributed by atoms with Crippen LogP contribution in [0.15, 0.2) is 66.7 Å². The van der Waals surface area contributed by atoms with E-state index in [0.29, 0.717) is 35.1 Å². The van der Waals surface area contributed by atoms with Crippen LogP contribution in [0.3, 0.4) is 0 Å². The standard InChI is InChI=1S/C26H23ClFNO4S/c1-2-32-23-13-18(9-12-22(23)33-16-19-5-3-4-6-21(19)28)14-24-25(30)29(26(31)34-24)15-17-7-10-20(27)11-8-17/h3-13,24H,2,14-16H2,1H3/t24-/m1/s1. The van der Waals surface area contributed by atoms with Gasteiger partial charge < -0.3 is 9.47 Å². The Balaban J connectivity index is 1.44. The van der Waals surface area contributed by atoms with Gasteiger partial charge in [-0.25, -0.2) is 4.39 Å². The number of carbonyl (C=O) groups is 2. The van der Waals surface area contributed by atoms with E-state index in [0.717, 1.165) is 22.9 Å². The topological polar surface area (TPSA) is 55.8 Å². The van der Waals surface area contributed by atoms with Crippen LogP contribution in [0.1, 0.15) is 23.6 Å². The lowest BCUT2D eigenvalue weighted by Crippen LogP contribution is -2.31. The van der Waals surface area contributed by atoms with Crippen molar-refractivity contribution in [1.82, 2.24) is 4.90 Å². The fourth-order valence-electron chi connectivity index (χ4n) is 3.60. The smallest absolute Gasteiger partial charge is 0.289 e. The molecule has 1 aliphatic rings. The van der Waals surface area contributed by atoms with Gasteiger partial charge in [-0.15, -0.1) is 0 Å². The number of carbonyl (C=O) groups excluding carboxylic acids is 2. The third kappa shape index (κ3) is 5.72. The molecule has 8 heteroatoms. The van der Waals surface area contributed by atoms with Gasteiger partial charge in [0.15, 0.2) is 11.5 Å². The predicted octanol–water partition coefficient (Wildman–Crippen LogP) is 6.26. The summed E-state index contributed by atoms with van der Waals surface area (Å²) >= 11 is 6.94. The molecule has 0 radical (unpaired) electrons. The molecule has 1 heterocycles. The molecular formula is C26H23ClFNO4S. The van der Waals surface area contributed by atoms with Crippen LogP contribution in [-0.2, 0) is 24.4 Å². The van der Waals surface area contributed by atoms with Crippen LogP contribution in [-0.4, -0.2) is 27.9 Å². The van der Waals surface area contributed by atoms with E-state index in [9.17, 15) is 14.0 Å². The van der Waals surface area contributed by atoms with Crippen LogP contribution < -0.4 is 9.47 Å². The van der Waals surface area contributed by atoms with Gasteiger partial charge in [-0.3, -0.25) is 14.5 Å². The Kier molecular flexibility index (Phi) is 7.75. The highest BCUT2D eigenvalue weighted by molar-refractivity contribution is 8.15. The molecule has 0 spiro atoms. The minimum Gasteiger partial charge on any atom is -0.490 e. The Morgan fingerprint density at radius 1 is 0.971 bits per heavy atom. The average Bonchev–Trinajstić information content (AvgIpc) is 3.08. The molecule has 34 heavy (non-hydrogen) atoms. The zero-order valence-corrected chi connectivity index (χ0v) is 20.1. The zero-order valence-electron chi connectivity index (χ0n) is 18.5. The number of rotatable bonds is 9. The van der Waals surface area contributed by atoms with Crippen LogP contribution in [0.4, 0.5) is 9.18 Å². The van der Waals surface area contributed by atoms with Gasteiger partial charge in [-0.05, 0) is 54.8 Å². The Labute approximate surface area is 206 Å². The first-order chi connectivity index (χ1) is 16.4. The summed E-state index contributed by atoms with van der Waals surface area (Å²) in [5.41, 5.74) is 2.12. The largest absolute Gasteiger partial charge is 0.490 e. The lowest BCUT2D eigenvalue weighted by molar-refractivity contribution is -0.127. The summed E-state index contributed by atoms with van der Waals surface area (Å²) in [6.45, 7) is 2.56. The lowest BCUT2D eigenvalue weighted by atomic mass is 10.1. The number of hydrogen-bond donors (Lipinski definition) is 0. The monoisotopic (exact) mass is 499 g/mol. The van der Waals surface area contributed by atoms with Crippen molar-refractivity contribution >= 4 is 34.5 Å². The van der Waals surface area contributed by atoms with Crippen molar-refractivity contribution in [2.75, 3.05) is 6.61 Å². The maximum Gasteiger partial charge on any atom is 0.289 e. The van der Waals surface area contributed by atoms with E-state index in [2.05, 4.69) is 0 Å². The number of imide groups is 1. The summed E-state index contributed by atoms with van der Waals surface area (Å²) in [4.78, 5) is 26.7. The number of ether oxygens (including phenoxy) is 2. The second-order valence-corrected chi connectivity index (χ2v) is 9.31. The van der Waals surface area contributed by atoms with Crippen molar-refractivity contribution in [3.63, 3.8) is 0 Å². The normalized spacial score (nSPS) is 15.6. The van der Waals surface area contributed by atoms with E-state index in [-0.39, 0.29) is 30.1 Å². The number of thioether (sulfide) groups is 1. The average molecular weight is 500 g/mol. The molecule has 176 valence electrons. The number of benzene rings is 3. The maximum atomic E-state index is 13.9. The number of hydrogen-bond acceptors (Lipinski definition) is 5. The highest BCUT2D eigenvalue weighted by atomic mass is 35.5. The van der Waals surface area contributed by atoms with E-state index < -0.39 is 5.25 Å². The molecule has 0 unspecified atom stereocenters. The summed E-state index contributed by atoms with van der Waals surface area (Å²) in [6, 6.07) is 18.9. The first-order valence-electron chi connectivity index (χ1n) is 10.8. The highest BCUT2D eigenvalue weighted by Gasteiger charge is 2.39. The Bertz CT molecular complexity index is 1190. The van der Waals surface area contributed by atoms with Gasteiger partial charge in [0.1, 0.15) is 12.4 Å². The molecular weight excluding hydrogens is 477 g/mol. The van der Waals surface area contributed by atoms with Crippen LogP contribution in [0.2, 0.25) is 5.02 Å². The van der Waals surface area contributed by atoms with Gasteiger partial charge in [-0.2, -0.15) is 0 Å². The van der Waals surface area contributed by atoms with Gasteiger partial charge in [-0.1, -0.05) is 59.8 Å². The number of halogens is 2. The SMILES string of the molecule is CCOc1cc(C[C@H]2SC(=O)N(Cc3ccc(Cl)cc3)C2=O)ccc1OCc1ccccc1F. The maximum absolute atomic E-state index is 13.9. The molecule has 1 aliphatic heterocycles. The molecule has 1 atom stereocenters. The van der Waals surface area contributed by atoms with E-state index in [1.54, 1.807) is 54.6 Å². The zero-order chi connectivity index (χ0) is 24.1. The summed E-state index contributed by atoms with van der Waals surface area (Å²) < 4.78 is 25.4. The Morgan fingerprint density at radius 2 is 1.71 bits per heavy atom. The van der Waals surface area contributed by atoms with Crippen molar-refractivity contribution in [3.05, 3.63) is 94.3 Å². The third-order valence-corrected chi connectivity index (χ3v) is 6.66. The fraction of sp³-hybridized carbons (Fsp3) is 0.231. The molecule has 5 nitrogen and oxygen atoms in total. The third-order valence-electron chi connectivity index (χ3n) is 5.33. The van der Waals surface area contributed by atoms with Gasteiger partial charge in [0.05, 0.1) is 18.4 Å². The van der Waals surface area contributed by atoms with Crippen LogP contribution >= 0.6 is 23.4 Å². The van der Waals surface area contributed by atoms with Gasteiger partial charge in [0.2, 0.25) is 5.91 Å². The molecule has 3 aromatic rings. The Morgan fingerprint density at radius 3 is 2.44 bits per heavy atom. The molecule has 0 aliphatic carbocycles. The fourth-order valence-corrected chi connectivity index (χ4v) is 4.75. The lowest BCUT2D eigenvalue weighted by Gasteiger charge is -2.16. The van der Waals surface area contributed by atoms with E-state index in [4.69, 9.17) is 21.1 Å². The van der Waals surface area contributed by atoms with Crippen molar-refractivity contribution in [2.24, 2.45) is 0 Å². The molecule has 2 amide bonds. The van der Waals surface area contributed by atoms with Crippen molar-refractivity contribution < 1.29 is 23.5 Å².